The Bertz CT molecular complexity index is 2570. The molecule has 4 rings (SSSR count). The molecule has 0 atom stereocenters. The number of fused-ring (bicyclic) bond motifs is 1. The number of anilines is 1. The zero-order chi connectivity index (χ0) is 41.7. The number of benzene rings is 4. The summed E-state index contributed by atoms with van der Waals surface area (Å²) in [5.41, 5.74) is 0.938. The van der Waals surface area contributed by atoms with Gasteiger partial charge in [0.2, 0.25) is 20.8 Å². The second-order valence-corrected chi connectivity index (χ2v) is 15.7. The van der Waals surface area contributed by atoms with Gasteiger partial charge in [0, 0.05) is 47.3 Å². The molecule has 0 spiro atoms. The van der Waals surface area contributed by atoms with Crippen LogP contribution in [0.1, 0.15) is 0 Å². The van der Waals surface area contributed by atoms with Crippen LogP contribution in [0.2, 0.25) is 0 Å². The van der Waals surface area contributed by atoms with Crippen molar-refractivity contribution in [3.8, 4) is 11.5 Å². The minimum Gasteiger partial charge on any atom is -0.726 e. The van der Waals surface area contributed by atoms with Gasteiger partial charge in [-0.25, -0.2) is 33.7 Å². The first kappa shape index (κ1) is 63.2. The Morgan fingerprint density at radius 3 is 1.67 bits per heavy atom. The van der Waals surface area contributed by atoms with Crippen LogP contribution in [0.5, 0.6) is 11.5 Å². The largest absolute Gasteiger partial charge is 1.00 e. The van der Waals surface area contributed by atoms with Crippen LogP contribution in [0.15, 0.2) is 90.9 Å². The quantitative estimate of drug-likeness (QED) is 0.0343. The molecule has 0 saturated heterocycles. The van der Waals surface area contributed by atoms with Gasteiger partial charge >= 0.3 is 99.3 Å². The van der Waals surface area contributed by atoms with Gasteiger partial charge in [0.1, 0.15) is 17.1 Å². The molecule has 22 nitrogen and oxygen atoms in total. The molecule has 0 amide bonds. The van der Waals surface area contributed by atoms with Crippen molar-refractivity contribution >= 4 is 90.3 Å². The van der Waals surface area contributed by atoms with Gasteiger partial charge in [-0.3, -0.25) is 9.11 Å². The Balaban J connectivity index is -0.000000701. The van der Waals surface area contributed by atoms with Gasteiger partial charge in [0.05, 0.1) is 15.5 Å². The molecular weight excluding hydrogens is 959 g/mol. The minimum atomic E-state index is -4.92. The third-order valence-electron chi connectivity index (χ3n) is 5.88. The SMILES string of the molecule is O=S(=O)([O-])O.O=S(=O)([O-])O.O=S(=O)=O.[CH2-]CS(=O)(=O)c1ccc(N=Nc2[c-]cc3c(N=Nc4ccccc4S(=O)(=O)C[CH2-])c(NC)ccc3c2O)c(O)c1.[Cu].[Na+].[Na+].[Na+]. The molecular formula is C27H26CuN5Na3O17S5-2. The monoisotopic (exact) mass is 984 g/mol. The molecule has 4 aromatic carbocycles. The maximum Gasteiger partial charge on any atom is 1.00 e. The van der Waals surface area contributed by atoms with E-state index in [0.717, 1.165) is 6.07 Å². The van der Waals surface area contributed by atoms with Crippen LogP contribution in [-0.4, -0.2) is 93.3 Å². The zero-order valence-corrected chi connectivity index (χ0v) is 41.4. The van der Waals surface area contributed by atoms with Crippen LogP contribution in [0, 0.1) is 19.9 Å². The number of nitrogens with one attached hydrogen (secondary N) is 1. The molecule has 31 heteroatoms. The molecule has 0 unspecified atom stereocenters. The Morgan fingerprint density at radius 1 is 0.724 bits per heavy atom. The topological polar surface area (TPSA) is 376 Å². The number of nitrogens with zero attached hydrogens (tertiary/aromatic N) is 4. The molecule has 0 heterocycles. The van der Waals surface area contributed by atoms with Gasteiger partial charge in [-0.2, -0.15) is 27.5 Å². The standard InChI is InChI=1S/C27H24N5O6S2.Cu.3Na.2H2O4S.O3S/c1-4-39(35,36)17-10-13-20(24(33)16-17)29-31-23-15-11-18-19(27(23)34)12-14-22(28-3)26(18)32-30-21-8-6-7-9-25(21)40(37,38)5-2;;;;;2*1-5(2,3)4;1-4(2)3/h6-14,16,28,33-34H,1-2,4-5H2,3H3;;;;;2*(H2,1,2,3,4);/q-3;;3*+1;;;/p-2. The number of phenols is 2. The molecule has 0 aliphatic rings. The second-order valence-electron chi connectivity index (χ2n) is 9.37. The molecule has 0 aliphatic carbocycles. The van der Waals surface area contributed by atoms with Crippen LogP contribution in [0.4, 0.5) is 28.4 Å². The molecule has 0 saturated carbocycles. The minimum absolute atomic E-state index is 0. The predicted octanol–water partition coefficient (Wildman–Crippen LogP) is -5.85. The fraction of sp³-hybridized carbons (Fsp3) is 0.111. The number of hydrogen-bond donors (Lipinski definition) is 5. The van der Waals surface area contributed by atoms with E-state index in [0.29, 0.717) is 22.1 Å². The fourth-order valence-electron chi connectivity index (χ4n) is 3.70. The van der Waals surface area contributed by atoms with Gasteiger partial charge in [-0.05, 0) is 30.3 Å². The molecule has 4 aromatic rings. The first-order chi connectivity index (χ1) is 24.7. The Hall–Kier alpha value is -1.48. The summed E-state index contributed by atoms with van der Waals surface area (Å²) in [6.45, 7) is 6.85. The van der Waals surface area contributed by atoms with Crippen LogP contribution in [0.25, 0.3) is 10.8 Å². The van der Waals surface area contributed by atoms with E-state index < -0.39 is 56.8 Å². The summed E-state index contributed by atoms with van der Waals surface area (Å²) in [5, 5.41) is 41.3. The van der Waals surface area contributed by atoms with Crippen LogP contribution in [-0.2, 0) is 68.1 Å². The van der Waals surface area contributed by atoms with Gasteiger partial charge in [0.15, 0.2) is 19.7 Å². The molecule has 0 aliphatic heterocycles. The van der Waals surface area contributed by atoms with Gasteiger partial charge in [-0.1, -0.05) is 40.5 Å². The van der Waals surface area contributed by atoms with E-state index in [-0.39, 0.29) is 150 Å². The van der Waals surface area contributed by atoms with Crippen LogP contribution in [0.3, 0.4) is 0 Å². The Labute approximate surface area is 411 Å². The summed E-state index contributed by atoms with van der Waals surface area (Å²) in [6, 6.07) is 17.4. The van der Waals surface area contributed by atoms with Crippen LogP contribution >= 0.6 is 0 Å². The normalized spacial score (nSPS) is 11.0. The zero-order valence-electron chi connectivity index (χ0n) is 30.3. The number of rotatable bonds is 9. The van der Waals surface area contributed by atoms with E-state index >= 15 is 0 Å². The van der Waals surface area contributed by atoms with E-state index in [9.17, 15) is 27.0 Å². The van der Waals surface area contributed by atoms with Crippen molar-refractivity contribution in [2.75, 3.05) is 23.9 Å². The molecule has 58 heavy (non-hydrogen) atoms. The summed E-state index contributed by atoms with van der Waals surface area (Å²) in [6.07, 6.45) is 0. The first-order valence-corrected chi connectivity index (χ1v) is 20.6. The van der Waals surface area contributed by atoms with Gasteiger partial charge in [-0.15, -0.1) is 17.7 Å². The molecule has 1 radical (unpaired) electrons. The average Bonchev–Trinajstić information content (AvgIpc) is 3.05. The van der Waals surface area contributed by atoms with E-state index in [2.05, 4.69) is 45.7 Å². The molecule has 307 valence electrons. The van der Waals surface area contributed by atoms with Crippen molar-refractivity contribution < 1.29 is 180 Å². The van der Waals surface area contributed by atoms with Gasteiger partial charge in [0.25, 0.3) is 0 Å². The molecule has 0 fully saturated rings. The molecule has 0 bridgehead atoms. The summed E-state index contributed by atoms with van der Waals surface area (Å²) in [5.74, 6) is -1.41. The van der Waals surface area contributed by atoms with E-state index in [1.807, 2.05) is 0 Å². The molecule has 5 N–H and O–H groups in total. The van der Waals surface area contributed by atoms with Crippen molar-refractivity contribution in [1.82, 2.24) is 0 Å². The van der Waals surface area contributed by atoms with Gasteiger partial charge < -0.3 is 38.5 Å². The average molecular weight is 985 g/mol. The van der Waals surface area contributed by atoms with Crippen molar-refractivity contribution in [3.63, 3.8) is 0 Å². The van der Waals surface area contributed by atoms with Crippen LogP contribution < -0.4 is 94.0 Å². The smallest absolute Gasteiger partial charge is 0.726 e. The number of aromatic hydroxyl groups is 2. The maximum absolute atomic E-state index is 12.4. The van der Waals surface area contributed by atoms with Crippen molar-refractivity contribution in [2.45, 2.75) is 9.79 Å². The second kappa shape index (κ2) is 28.2. The number of azo groups is 2. The number of hydrogen-bond acceptors (Lipinski definition) is 20. The Morgan fingerprint density at radius 2 is 1.21 bits per heavy atom. The number of phenolic OH excluding ortho intramolecular Hbond substituents is 2. The van der Waals surface area contributed by atoms with Crippen molar-refractivity contribution in [1.29, 1.82) is 0 Å². The van der Waals surface area contributed by atoms with E-state index in [4.69, 9.17) is 47.7 Å². The van der Waals surface area contributed by atoms with Crippen molar-refractivity contribution in [3.05, 3.63) is 80.6 Å². The Kier molecular flexibility index (Phi) is 30.7. The fourth-order valence-corrected chi connectivity index (χ4v) is 5.44. The summed E-state index contributed by atoms with van der Waals surface area (Å²) >= 11 is 0. The maximum atomic E-state index is 12.4. The summed E-state index contributed by atoms with van der Waals surface area (Å²) < 4.78 is 140. The first-order valence-electron chi connectivity index (χ1n) is 13.6. The van der Waals surface area contributed by atoms with E-state index in [1.165, 1.54) is 30.3 Å². The van der Waals surface area contributed by atoms with E-state index in [1.54, 1.807) is 31.3 Å². The summed E-state index contributed by atoms with van der Waals surface area (Å²) in [4.78, 5) is -0.106. The predicted molar refractivity (Wildman–Crippen MR) is 186 cm³/mol. The number of sulfone groups is 2. The summed E-state index contributed by atoms with van der Waals surface area (Å²) in [7, 11) is -18.5. The third-order valence-corrected chi connectivity index (χ3v) is 8.94. The third kappa shape index (κ3) is 22.9. The van der Waals surface area contributed by atoms with Crippen molar-refractivity contribution in [2.24, 2.45) is 20.5 Å². The molecule has 0 aromatic heterocycles.